The van der Waals surface area contributed by atoms with E-state index < -0.39 is 5.41 Å². The van der Waals surface area contributed by atoms with Crippen LogP contribution in [0.4, 0.5) is 17.1 Å². The Balaban J connectivity index is 1.10. The summed E-state index contributed by atoms with van der Waals surface area (Å²) < 4.78 is 2.42. The van der Waals surface area contributed by atoms with E-state index in [2.05, 4.69) is 264 Å². The fourth-order valence-corrected chi connectivity index (χ4v) is 11.9. The maximum Gasteiger partial charge on any atom is 0.0732 e. The lowest BCUT2D eigenvalue weighted by molar-refractivity contribution is 0.775. The van der Waals surface area contributed by atoms with Gasteiger partial charge in [0.25, 0.3) is 0 Å². The number of nitrogens with zero attached hydrogens (tertiary/aromatic N) is 2. The van der Waals surface area contributed by atoms with E-state index in [1.807, 2.05) is 0 Å². The zero-order valence-electron chi connectivity index (χ0n) is 36.6. The molecule has 14 rings (SSSR count). The van der Waals surface area contributed by atoms with Gasteiger partial charge in [0.15, 0.2) is 0 Å². The van der Waals surface area contributed by atoms with Crippen molar-refractivity contribution in [2.45, 2.75) is 5.41 Å². The van der Waals surface area contributed by atoms with Crippen molar-refractivity contribution < 1.29 is 0 Å². The Hall–Kier alpha value is -8.72. The third kappa shape index (κ3) is 5.39. The summed E-state index contributed by atoms with van der Waals surface area (Å²) in [6, 6.07) is 94.6. The normalized spacial score (nSPS) is 14.3. The highest BCUT2D eigenvalue weighted by atomic mass is 15.1. The number of aromatic nitrogens is 1. The highest BCUT2D eigenvalue weighted by Gasteiger charge is 2.51. The predicted octanol–water partition coefficient (Wildman–Crippen LogP) is 17.1. The zero-order chi connectivity index (χ0) is 44.1. The molecule has 11 aromatic carbocycles. The molecule has 0 fully saturated rings. The van der Waals surface area contributed by atoms with Crippen LogP contribution in [0.15, 0.2) is 255 Å². The van der Waals surface area contributed by atoms with E-state index in [0.29, 0.717) is 0 Å². The van der Waals surface area contributed by atoms with E-state index in [4.69, 9.17) is 0 Å². The Morgan fingerprint density at radius 2 is 0.866 bits per heavy atom. The van der Waals surface area contributed by atoms with Gasteiger partial charge in [-0.1, -0.05) is 206 Å². The SMILES string of the molecule is c1ccc(-c2ccccc2N(c2ccc3c(c2)C2(c4ccccc4-3)c3ccccc3-c3cccc4ccc(-c5ccccc5)c2c34)c2ccc3c4ccccc4n(-c4ccccc4)c3c2)cc1. The predicted molar refractivity (Wildman–Crippen MR) is 280 cm³/mol. The van der Waals surface area contributed by atoms with E-state index >= 15 is 0 Å². The molecule has 312 valence electrons. The van der Waals surface area contributed by atoms with Gasteiger partial charge in [-0.2, -0.15) is 0 Å². The summed E-state index contributed by atoms with van der Waals surface area (Å²) in [5.41, 5.74) is 21.3. The lowest BCUT2D eigenvalue weighted by atomic mass is 9.60. The molecule has 2 aliphatic carbocycles. The third-order valence-electron chi connectivity index (χ3n) is 14.6. The second-order valence-corrected chi connectivity index (χ2v) is 17.9. The minimum atomic E-state index is -0.633. The van der Waals surface area contributed by atoms with Crippen molar-refractivity contribution in [2.75, 3.05) is 4.90 Å². The van der Waals surface area contributed by atoms with Crippen LogP contribution in [0.5, 0.6) is 0 Å². The van der Waals surface area contributed by atoms with Gasteiger partial charge in [-0.3, -0.25) is 0 Å². The van der Waals surface area contributed by atoms with Gasteiger partial charge < -0.3 is 9.47 Å². The Kier molecular flexibility index (Phi) is 8.23. The molecule has 1 spiro atoms. The molecule has 67 heavy (non-hydrogen) atoms. The molecule has 0 N–H and O–H groups in total. The van der Waals surface area contributed by atoms with Crippen molar-refractivity contribution in [3.05, 3.63) is 277 Å². The number of fused-ring (bicyclic) bond motifs is 12. The van der Waals surface area contributed by atoms with Gasteiger partial charge in [0.1, 0.15) is 0 Å². The highest BCUT2D eigenvalue weighted by molar-refractivity contribution is 6.12. The fourth-order valence-electron chi connectivity index (χ4n) is 11.9. The first-order chi connectivity index (χ1) is 33.3. The molecule has 1 unspecified atom stereocenters. The van der Waals surface area contributed by atoms with Crippen molar-refractivity contribution in [3.8, 4) is 50.2 Å². The van der Waals surface area contributed by atoms with Gasteiger partial charge in [0.05, 0.1) is 22.1 Å². The average Bonchev–Trinajstić information content (AvgIpc) is 3.88. The number of benzene rings is 11. The first-order valence-corrected chi connectivity index (χ1v) is 23.3. The number of para-hydroxylation sites is 3. The quantitative estimate of drug-likeness (QED) is 0.162. The lowest BCUT2D eigenvalue weighted by Gasteiger charge is -2.41. The summed E-state index contributed by atoms with van der Waals surface area (Å²) in [5, 5.41) is 5.03. The standard InChI is InChI=1S/C65H42N2/c1-4-19-43(20-5-1)49-26-12-16-33-60(49)66(48-37-40-55-54-29-13-17-34-61(54)67(62(55)42-48)46-24-8-3-9-25-46)47-36-39-53-51-27-10-14-31-57(51)65(59(53)41-47)58-32-15-11-28-52(58)56-30-18-23-45-35-38-50(64(65)63(45)56)44-21-6-2-7-22-44/h1-42H. The lowest BCUT2D eigenvalue weighted by Crippen LogP contribution is -2.32. The van der Waals surface area contributed by atoms with Gasteiger partial charge in [0.2, 0.25) is 0 Å². The molecule has 0 radical (unpaired) electrons. The van der Waals surface area contributed by atoms with Gasteiger partial charge >= 0.3 is 0 Å². The third-order valence-corrected chi connectivity index (χ3v) is 14.6. The molecule has 1 heterocycles. The molecule has 1 aromatic heterocycles. The molecule has 12 aromatic rings. The molecular weight excluding hydrogens is 809 g/mol. The largest absolute Gasteiger partial charge is 0.310 e. The van der Waals surface area contributed by atoms with E-state index in [1.165, 1.54) is 93.8 Å². The van der Waals surface area contributed by atoms with E-state index in [1.54, 1.807) is 0 Å². The zero-order valence-corrected chi connectivity index (χ0v) is 36.6. The van der Waals surface area contributed by atoms with Crippen molar-refractivity contribution >= 4 is 49.6 Å². The molecule has 2 aliphatic rings. The van der Waals surface area contributed by atoms with Gasteiger partial charge in [0, 0.05) is 33.4 Å². The molecule has 0 bridgehead atoms. The fraction of sp³-hybridized carbons (Fsp3) is 0.0154. The Labute approximate surface area is 389 Å². The van der Waals surface area contributed by atoms with Crippen LogP contribution < -0.4 is 4.90 Å². The molecular formula is C65H42N2. The highest BCUT2D eigenvalue weighted by Crippen LogP contribution is 2.64. The molecule has 0 saturated carbocycles. The van der Waals surface area contributed by atoms with Gasteiger partial charge in [-0.05, 0) is 121 Å². The van der Waals surface area contributed by atoms with Crippen molar-refractivity contribution in [1.29, 1.82) is 0 Å². The second kappa shape index (κ2) is 14.7. The summed E-state index contributed by atoms with van der Waals surface area (Å²) >= 11 is 0. The van der Waals surface area contributed by atoms with Gasteiger partial charge in [-0.25, -0.2) is 0 Å². The number of rotatable bonds is 6. The smallest absolute Gasteiger partial charge is 0.0732 e. The van der Waals surface area contributed by atoms with Gasteiger partial charge in [-0.15, -0.1) is 0 Å². The molecule has 0 saturated heterocycles. The number of hydrogen-bond donors (Lipinski definition) is 0. The molecule has 0 amide bonds. The van der Waals surface area contributed by atoms with Crippen LogP contribution in [0.2, 0.25) is 0 Å². The van der Waals surface area contributed by atoms with E-state index in [-0.39, 0.29) is 0 Å². The van der Waals surface area contributed by atoms with Crippen LogP contribution in [0, 0.1) is 0 Å². The van der Waals surface area contributed by atoms with E-state index in [9.17, 15) is 0 Å². The Bertz CT molecular complexity index is 3920. The topological polar surface area (TPSA) is 8.17 Å². The Morgan fingerprint density at radius 3 is 1.63 bits per heavy atom. The van der Waals surface area contributed by atoms with Crippen LogP contribution in [0.3, 0.4) is 0 Å². The number of anilines is 3. The molecule has 2 nitrogen and oxygen atoms in total. The van der Waals surface area contributed by atoms with Crippen molar-refractivity contribution in [1.82, 2.24) is 4.57 Å². The minimum absolute atomic E-state index is 0.633. The number of hydrogen-bond acceptors (Lipinski definition) is 1. The van der Waals surface area contributed by atoms with Crippen LogP contribution in [-0.2, 0) is 5.41 Å². The van der Waals surface area contributed by atoms with Crippen LogP contribution in [-0.4, -0.2) is 4.57 Å². The maximum atomic E-state index is 2.53. The van der Waals surface area contributed by atoms with Crippen LogP contribution in [0.25, 0.3) is 82.8 Å². The monoisotopic (exact) mass is 850 g/mol. The average molecular weight is 851 g/mol. The Morgan fingerprint density at radius 1 is 0.328 bits per heavy atom. The van der Waals surface area contributed by atoms with Crippen LogP contribution in [0.1, 0.15) is 22.3 Å². The summed E-state index contributed by atoms with van der Waals surface area (Å²) in [7, 11) is 0. The maximum absolute atomic E-state index is 2.53. The molecule has 0 aliphatic heterocycles. The summed E-state index contributed by atoms with van der Waals surface area (Å²) in [6.07, 6.45) is 0. The summed E-state index contributed by atoms with van der Waals surface area (Å²) in [4.78, 5) is 2.51. The van der Waals surface area contributed by atoms with Crippen LogP contribution >= 0.6 is 0 Å². The van der Waals surface area contributed by atoms with Crippen molar-refractivity contribution in [2.24, 2.45) is 0 Å². The van der Waals surface area contributed by atoms with E-state index in [0.717, 1.165) is 28.3 Å². The minimum Gasteiger partial charge on any atom is -0.310 e. The second-order valence-electron chi connectivity index (χ2n) is 17.9. The summed E-state index contributed by atoms with van der Waals surface area (Å²) in [6.45, 7) is 0. The molecule has 2 heteroatoms. The first-order valence-electron chi connectivity index (χ1n) is 23.3. The summed E-state index contributed by atoms with van der Waals surface area (Å²) in [5.74, 6) is 0. The molecule has 1 atom stereocenters. The van der Waals surface area contributed by atoms with Crippen molar-refractivity contribution in [3.63, 3.8) is 0 Å². The first kappa shape index (κ1) is 37.6.